The largest absolute Gasteiger partial charge is 0.325 e. The molecule has 134 valence electrons. The zero-order chi connectivity index (χ0) is 18.9. The lowest BCUT2D eigenvalue weighted by atomic mass is 9.92. The normalized spacial score (nSPS) is 19.4. The predicted octanol–water partition coefficient (Wildman–Crippen LogP) is 3.51. The molecular formula is C18H15BrClN3O3. The molecule has 2 N–H and O–H groups in total. The fourth-order valence-corrected chi connectivity index (χ4v) is 3.17. The molecule has 8 heteroatoms. The van der Waals surface area contributed by atoms with E-state index < -0.39 is 23.4 Å². The number of urea groups is 1. The van der Waals surface area contributed by atoms with Crippen molar-refractivity contribution in [3.63, 3.8) is 0 Å². The first-order valence-electron chi connectivity index (χ1n) is 7.75. The van der Waals surface area contributed by atoms with Gasteiger partial charge in [0.05, 0.1) is 0 Å². The zero-order valence-electron chi connectivity index (χ0n) is 13.8. The summed E-state index contributed by atoms with van der Waals surface area (Å²) in [5, 5.41) is 5.76. The van der Waals surface area contributed by atoms with Gasteiger partial charge in [0.1, 0.15) is 12.1 Å². The maximum atomic E-state index is 12.8. The van der Waals surface area contributed by atoms with Gasteiger partial charge in [-0.2, -0.15) is 0 Å². The van der Waals surface area contributed by atoms with Gasteiger partial charge in [-0.25, -0.2) is 4.79 Å². The first-order valence-corrected chi connectivity index (χ1v) is 8.92. The van der Waals surface area contributed by atoms with E-state index in [1.165, 1.54) is 0 Å². The van der Waals surface area contributed by atoms with Crippen LogP contribution >= 0.6 is 27.5 Å². The minimum atomic E-state index is -1.26. The molecule has 26 heavy (non-hydrogen) atoms. The lowest BCUT2D eigenvalue weighted by Crippen LogP contribution is -2.42. The third-order valence-electron chi connectivity index (χ3n) is 4.11. The molecule has 2 aromatic rings. The Morgan fingerprint density at radius 2 is 1.92 bits per heavy atom. The quantitative estimate of drug-likeness (QED) is 0.720. The van der Waals surface area contributed by atoms with Crippen LogP contribution in [0.3, 0.4) is 0 Å². The standard InChI is InChI=1S/C18H15BrClN3O3/c1-18(11-3-2-4-13(20)9-11)16(25)23(17(26)22-18)10-15(24)21-14-7-5-12(19)6-8-14/h2-9H,10H2,1H3,(H,21,24)(H,22,26). The summed E-state index contributed by atoms with van der Waals surface area (Å²) < 4.78 is 0.877. The van der Waals surface area contributed by atoms with Gasteiger partial charge < -0.3 is 10.6 Å². The number of anilines is 1. The Hall–Kier alpha value is -2.38. The van der Waals surface area contributed by atoms with Gasteiger partial charge in [0, 0.05) is 15.2 Å². The molecule has 3 rings (SSSR count). The minimum Gasteiger partial charge on any atom is -0.325 e. The lowest BCUT2D eigenvalue weighted by molar-refractivity contribution is -0.133. The van der Waals surface area contributed by atoms with Crippen molar-refractivity contribution < 1.29 is 14.4 Å². The number of carbonyl (C=O) groups is 3. The van der Waals surface area contributed by atoms with E-state index in [0.29, 0.717) is 16.3 Å². The SMILES string of the molecule is CC1(c2cccc(Cl)c2)NC(=O)N(CC(=O)Nc2ccc(Br)cc2)C1=O. The van der Waals surface area contributed by atoms with Gasteiger partial charge in [-0.15, -0.1) is 0 Å². The predicted molar refractivity (Wildman–Crippen MR) is 102 cm³/mol. The Labute approximate surface area is 163 Å². The topological polar surface area (TPSA) is 78.5 Å². The van der Waals surface area contributed by atoms with Crippen LogP contribution in [0.1, 0.15) is 12.5 Å². The van der Waals surface area contributed by atoms with Crippen molar-refractivity contribution in [2.45, 2.75) is 12.5 Å². The van der Waals surface area contributed by atoms with Gasteiger partial charge in [-0.1, -0.05) is 39.7 Å². The van der Waals surface area contributed by atoms with Crippen LogP contribution in [0, 0.1) is 0 Å². The molecule has 6 nitrogen and oxygen atoms in total. The van der Waals surface area contributed by atoms with Crippen molar-refractivity contribution in [3.05, 3.63) is 63.6 Å². The first kappa shape index (κ1) is 18.4. The first-order chi connectivity index (χ1) is 12.3. The second-order valence-electron chi connectivity index (χ2n) is 6.01. The van der Waals surface area contributed by atoms with Crippen LogP contribution in [-0.2, 0) is 15.1 Å². The molecule has 1 aliphatic heterocycles. The number of rotatable bonds is 4. The smallest absolute Gasteiger partial charge is 0.325 e. The van der Waals surface area contributed by atoms with E-state index in [4.69, 9.17) is 11.6 Å². The van der Waals surface area contributed by atoms with Gasteiger partial charge in [-0.05, 0) is 48.9 Å². The second kappa shape index (κ2) is 7.09. The summed E-state index contributed by atoms with van der Waals surface area (Å²) in [5.74, 6) is -0.970. The summed E-state index contributed by atoms with van der Waals surface area (Å²) in [6.07, 6.45) is 0. The zero-order valence-corrected chi connectivity index (χ0v) is 16.1. The Kier molecular flexibility index (Phi) is 5.02. The second-order valence-corrected chi connectivity index (χ2v) is 7.36. The summed E-state index contributed by atoms with van der Waals surface area (Å²) in [4.78, 5) is 38.2. The lowest BCUT2D eigenvalue weighted by Gasteiger charge is -2.22. The average Bonchev–Trinajstić information content (AvgIpc) is 2.81. The summed E-state index contributed by atoms with van der Waals surface area (Å²) in [6, 6.07) is 13.1. The summed E-state index contributed by atoms with van der Waals surface area (Å²) in [6.45, 7) is 1.21. The molecule has 0 spiro atoms. The van der Waals surface area contributed by atoms with Gasteiger partial charge in [0.25, 0.3) is 5.91 Å². The minimum absolute atomic E-state index is 0.378. The van der Waals surface area contributed by atoms with E-state index in [9.17, 15) is 14.4 Å². The number of nitrogens with zero attached hydrogens (tertiary/aromatic N) is 1. The fraction of sp³-hybridized carbons (Fsp3) is 0.167. The molecule has 0 aliphatic carbocycles. The number of imide groups is 1. The maximum Gasteiger partial charge on any atom is 0.325 e. The van der Waals surface area contributed by atoms with E-state index in [2.05, 4.69) is 26.6 Å². The summed E-state index contributed by atoms with van der Waals surface area (Å²) >= 11 is 9.30. The Morgan fingerprint density at radius 1 is 1.23 bits per heavy atom. The van der Waals surface area contributed by atoms with Crippen LogP contribution in [0.5, 0.6) is 0 Å². The molecule has 4 amide bonds. The third kappa shape index (κ3) is 3.59. The van der Waals surface area contributed by atoms with Gasteiger partial charge in [-0.3, -0.25) is 14.5 Å². The van der Waals surface area contributed by atoms with Crippen molar-refractivity contribution in [1.29, 1.82) is 0 Å². The number of nitrogens with one attached hydrogen (secondary N) is 2. The number of carbonyl (C=O) groups excluding carboxylic acids is 3. The molecule has 1 aliphatic rings. The van der Waals surface area contributed by atoms with Crippen LogP contribution < -0.4 is 10.6 Å². The summed E-state index contributed by atoms with van der Waals surface area (Å²) in [7, 11) is 0. The molecule has 1 unspecified atom stereocenters. The number of amides is 4. The average molecular weight is 437 g/mol. The van der Waals surface area contributed by atoms with Crippen LogP contribution in [0.2, 0.25) is 5.02 Å². The number of hydrogen-bond donors (Lipinski definition) is 2. The molecule has 1 fully saturated rings. The maximum absolute atomic E-state index is 12.8. The Bertz CT molecular complexity index is 888. The van der Waals surface area contributed by atoms with Crippen molar-refractivity contribution in [3.8, 4) is 0 Å². The monoisotopic (exact) mass is 435 g/mol. The molecule has 0 bridgehead atoms. The van der Waals surface area contributed by atoms with E-state index in [1.54, 1.807) is 55.5 Å². The Morgan fingerprint density at radius 3 is 2.58 bits per heavy atom. The molecule has 2 aromatic carbocycles. The van der Waals surface area contributed by atoms with E-state index in [-0.39, 0.29) is 6.54 Å². The molecule has 1 atom stereocenters. The summed E-state index contributed by atoms with van der Waals surface area (Å²) in [5.41, 5.74) is -0.137. The van der Waals surface area contributed by atoms with E-state index in [0.717, 1.165) is 9.37 Å². The highest BCUT2D eigenvalue weighted by atomic mass is 79.9. The molecule has 0 radical (unpaired) electrons. The highest BCUT2D eigenvalue weighted by molar-refractivity contribution is 9.10. The van der Waals surface area contributed by atoms with Crippen LogP contribution in [0.25, 0.3) is 0 Å². The van der Waals surface area contributed by atoms with E-state index >= 15 is 0 Å². The highest BCUT2D eigenvalue weighted by Gasteiger charge is 2.49. The number of halogens is 2. The van der Waals surface area contributed by atoms with E-state index in [1.807, 2.05) is 0 Å². The van der Waals surface area contributed by atoms with Crippen LogP contribution in [-0.4, -0.2) is 29.3 Å². The molecular weight excluding hydrogens is 422 g/mol. The van der Waals surface area contributed by atoms with Crippen molar-refractivity contribution in [2.75, 3.05) is 11.9 Å². The van der Waals surface area contributed by atoms with Gasteiger partial charge in [0.2, 0.25) is 5.91 Å². The highest BCUT2D eigenvalue weighted by Crippen LogP contribution is 2.30. The van der Waals surface area contributed by atoms with Crippen molar-refractivity contribution >= 4 is 51.1 Å². The molecule has 1 saturated heterocycles. The Balaban J connectivity index is 1.74. The van der Waals surface area contributed by atoms with Crippen LogP contribution in [0.4, 0.5) is 10.5 Å². The molecule has 0 aromatic heterocycles. The molecule has 0 saturated carbocycles. The third-order valence-corrected chi connectivity index (χ3v) is 4.87. The van der Waals surface area contributed by atoms with Crippen molar-refractivity contribution in [1.82, 2.24) is 10.2 Å². The van der Waals surface area contributed by atoms with Crippen molar-refractivity contribution in [2.24, 2.45) is 0 Å². The number of benzene rings is 2. The van der Waals surface area contributed by atoms with Gasteiger partial charge in [0.15, 0.2) is 0 Å². The molecule has 1 heterocycles. The van der Waals surface area contributed by atoms with Crippen LogP contribution in [0.15, 0.2) is 53.0 Å². The number of hydrogen-bond acceptors (Lipinski definition) is 3. The fourth-order valence-electron chi connectivity index (χ4n) is 2.71. The van der Waals surface area contributed by atoms with Gasteiger partial charge >= 0.3 is 6.03 Å².